The van der Waals surface area contributed by atoms with Crippen molar-refractivity contribution in [3.63, 3.8) is 0 Å². The number of allylic oxidation sites excluding steroid dienone is 2. The van der Waals surface area contributed by atoms with Crippen molar-refractivity contribution in [2.75, 3.05) is 0 Å². The summed E-state index contributed by atoms with van der Waals surface area (Å²) in [6, 6.07) is 16.3. The van der Waals surface area contributed by atoms with Crippen LogP contribution in [-0.4, -0.2) is 22.8 Å². The first kappa shape index (κ1) is 18.6. The fraction of sp³-hybridized carbons (Fsp3) is 0.227. The molecule has 2 aromatic rings. The van der Waals surface area contributed by atoms with Gasteiger partial charge in [-0.15, -0.1) is 0 Å². The van der Waals surface area contributed by atoms with E-state index in [1.807, 2.05) is 18.2 Å². The van der Waals surface area contributed by atoms with Crippen molar-refractivity contribution in [1.29, 1.82) is 0 Å². The van der Waals surface area contributed by atoms with Gasteiger partial charge in [0, 0.05) is 11.5 Å². The summed E-state index contributed by atoms with van der Waals surface area (Å²) in [4.78, 5) is 37.4. The average Bonchev–Trinajstić information content (AvgIpc) is 2.72. The molecule has 2 aromatic carbocycles. The molecule has 0 fully saturated rings. The minimum Gasteiger partial charge on any atom is -0.479 e. The second-order valence-corrected chi connectivity index (χ2v) is 6.58. The highest BCUT2D eigenvalue weighted by Gasteiger charge is 2.36. The number of amides is 1. The molecular weight excluding hydrogens is 342 g/mol. The number of benzene rings is 2. The van der Waals surface area contributed by atoms with Crippen LogP contribution in [0.4, 0.5) is 0 Å². The van der Waals surface area contributed by atoms with E-state index in [0.717, 1.165) is 0 Å². The van der Waals surface area contributed by atoms with E-state index in [4.69, 9.17) is 0 Å². The van der Waals surface area contributed by atoms with Gasteiger partial charge in [-0.1, -0.05) is 72.8 Å². The van der Waals surface area contributed by atoms with Gasteiger partial charge in [0.2, 0.25) is 5.91 Å². The van der Waals surface area contributed by atoms with Crippen LogP contribution in [-0.2, 0) is 9.59 Å². The lowest BCUT2D eigenvalue weighted by molar-refractivity contribution is -0.143. The number of aliphatic carboxylic acids is 1. The van der Waals surface area contributed by atoms with Crippen LogP contribution in [0, 0.1) is 11.8 Å². The molecule has 138 valence electrons. The molecule has 3 unspecified atom stereocenters. The van der Waals surface area contributed by atoms with Crippen LogP contribution < -0.4 is 5.32 Å². The van der Waals surface area contributed by atoms with Crippen molar-refractivity contribution >= 4 is 17.7 Å². The standard InChI is InChI=1S/C22H21NO4/c24-20(16-11-5-2-6-12-16)17-13-7-8-14-18(17)21(25)23-19(22(26)27)15-9-3-1-4-10-15/h1-12,17-19H,13-14H2,(H,23,25)(H,26,27). The molecule has 0 heterocycles. The SMILES string of the molecule is O=C(O)C(NC(=O)C1CC=CCC1C(=O)c1ccccc1)c1ccccc1. The lowest BCUT2D eigenvalue weighted by Gasteiger charge is -2.28. The summed E-state index contributed by atoms with van der Waals surface area (Å²) < 4.78 is 0. The maximum Gasteiger partial charge on any atom is 0.330 e. The number of hydrogen-bond acceptors (Lipinski definition) is 3. The number of carbonyl (C=O) groups is 3. The Morgan fingerprint density at radius 2 is 1.41 bits per heavy atom. The monoisotopic (exact) mass is 363 g/mol. The van der Waals surface area contributed by atoms with E-state index in [9.17, 15) is 19.5 Å². The number of rotatable bonds is 6. The minimum atomic E-state index is -1.14. The molecule has 3 atom stereocenters. The van der Waals surface area contributed by atoms with Gasteiger partial charge in [-0.3, -0.25) is 9.59 Å². The molecule has 1 aliphatic rings. The molecule has 0 saturated heterocycles. The Bertz CT molecular complexity index is 845. The van der Waals surface area contributed by atoms with E-state index in [1.54, 1.807) is 54.6 Å². The van der Waals surface area contributed by atoms with Crippen molar-refractivity contribution in [1.82, 2.24) is 5.32 Å². The molecular formula is C22H21NO4. The molecule has 3 rings (SSSR count). The predicted octanol–water partition coefficient (Wildman–Crippen LogP) is 3.39. The van der Waals surface area contributed by atoms with Gasteiger partial charge in [0.15, 0.2) is 11.8 Å². The van der Waals surface area contributed by atoms with Crippen LogP contribution in [0.5, 0.6) is 0 Å². The molecule has 0 aliphatic heterocycles. The minimum absolute atomic E-state index is 0.0910. The maximum absolute atomic E-state index is 12.9. The summed E-state index contributed by atoms with van der Waals surface area (Å²) in [6.07, 6.45) is 4.66. The highest BCUT2D eigenvalue weighted by atomic mass is 16.4. The largest absolute Gasteiger partial charge is 0.479 e. The summed E-state index contributed by atoms with van der Waals surface area (Å²) in [7, 11) is 0. The van der Waals surface area contributed by atoms with Crippen molar-refractivity contribution < 1.29 is 19.5 Å². The van der Waals surface area contributed by atoms with Gasteiger partial charge >= 0.3 is 5.97 Å². The summed E-state index contributed by atoms with van der Waals surface area (Å²) in [5, 5.41) is 12.1. The molecule has 27 heavy (non-hydrogen) atoms. The van der Waals surface area contributed by atoms with Crippen LogP contribution in [0.15, 0.2) is 72.8 Å². The maximum atomic E-state index is 12.9. The summed E-state index contributed by atoms with van der Waals surface area (Å²) >= 11 is 0. The molecule has 2 N–H and O–H groups in total. The van der Waals surface area contributed by atoms with Crippen molar-refractivity contribution in [3.8, 4) is 0 Å². The van der Waals surface area contributed by atoms with E-state index in [2.05, 4.69) is 5.32 Å². The molecule has 0 saturated carbocycles. The molecule has 1 aliphatic carbocycles. The van der Waals surface area contributed by atoms with Crippen LogP contribution in [0.1, 0.15) is 34.8 Å². The van der Waals surface area contributed by atoms with E-state index in [-0.39, 0.29) is 5.78 Å². The molecule has 5 heteroatoms. The molecule has 5 nitrogen and oxygen atoms in total. The lowest BCUT2D eigenvalue weighted by atomic mass is 9.77. The second kappa shape index (κ2) is 8.45. The summed E-state index contributed by atoms with van der Waals surface area (Å²) in [6.45, 7) is 0. The molecule has 0 bridgehead atoms. The fourth-order valence-corrected chi connectivity index (χ4v) is 3.39. The average molecular weight is 363 g/mol. The van der Waals surface area contributed by atoms with E-state index in [0.29, 0.717) is 24.0 Å². The first-order valence-electron chi connectivity index (χ1n) is 8.90. The highest BCUT2D eigenvalue weighted by Crippen LogP contribution is 2.30. The normalized spacial score (nSPS) is 19.9. The topological polar surface area (TPSA) is 83.5 Å². The quantitative estimate of drug-likeness (QED) is 0.609. The van der Waals surface area contributed by atoms with Gasteiger partial charge in [-0.25, -0.2) is 4.79 Å². The third-order valence-corrected chi connectivity index (χ3v) is 4.83. The molecule has 1 amide bonds. The molecule has 0 spiro atoms. The van der Waals surface area contributed by atoms with Crippen LogP contribution in [0.25, 0.3) is 0 Å². The predicted molar refractivity (Wildman–Crippen MR) is 101 cm³/mol. The van der Waals surface area contributed by atoms with Gasteiger partial charge < -0.3 is 10.4 Å². The van der Waals surface area contributed by atoms with Crippen LogP contribution >= 0.6 is 0 Å². The number of nitrogens with one attached hydrogen (secondary N) is 1. The number of carboxylic acids is 1. The van der Waals surface area contributed by atoms with E-state index < -0.39 is 29.8 Å². The fourth-order valence-electron chi connectivity index (χ4n) is 3.39. The molecule has 0 aromatic heterocycles. The lowest BCUT2D eigenvalue weighted by Crippen LogP contribution is -2.42. The summed E-state index contributed by atoms with van der Waals surface area (Å²) in [5.74, 6) is -2.72. The first-order chi connectivity index (χ1) is 13.1. The van der Waals surface area contributed by atoms with Crippen molar-refractivity contribution in [2.45, 2.75) is 18.9 Å². The van der Waals surface area contributed by atoms with Gasteiger partial charge in [0.25, 0.3) is 0 Å². The second-order valence-electron chi connectivity index (χ2n) is 6.58. The van der Waals surface area contributed by atoms with Crippen molar-refractivity contribution in [2.24, 2.45) is 11.8 Å². The summed E-state index contributed by atoms with van der Waals surface area (Å²) in [5.41, 5.74) is 1.06. The Labute approximate surface area is 157 Å². The third kappa shape index (κ3) is 4.31. The van der Waals surface area contributed by atoms with Gasteiger partial charge in [-0.2, -0.15) is 0 Å². The van der Waals surface area contributed by atoms with Crippen LogP contribution in [0.3, 0.4) is 0 Å². The van der Waals surface area contributed by atoms with Gasteiger partial charge in [0.05, 0.1) is 5.92 Å². The zero-order chi connectivity index (χ0) is 19.2. The first-order valence-corrected chi connectivity index (χ1v) is 8.90. The van der Waals surface area contributed by atoms with Gasteiger partial charge in [-0.05, 0) is 18.4 Å². The van der Waals surface area contributed by atoms with Crippen LogP contribution in [0.2, 0.25) is 0 Å². The Kier molecular flexibility index (Phi) is 5.81. The van der Waals surface area contributed by atoms with Gasteiger partial charge in [0.1, 0.15) is 0 Å². The Morgan fingerprint density at radius 3 is 2.00 bits per heavy atom. The molecule has 0 radical (unpaired) electrons. The van der Waals surface area contributed by atoms with E-state index >= 15 is 0 Å². The number of carbonyl (C=O) groups excluding carboxylic acids is 2. The third-order valence-electron chi connectivity index (χ3n) is 4.83. The highest BCUT2D eigenvalue weighted by molar-refractivity contribution is 6.01. The number of hydrogen-bond donors (Lipinski definition) is 2. The van der Waals surface area contributed by atoms with Crippen molar-refractivity contribution in [3.05, 3.63) is 83.9 Å². The zero-order valence-electron chi connectivity index (χ0n) is 14.7. The Hall–Kier alpha value is -3.21. The zero-order valence-corrected chi connectivity index (χ0v) is 14.7. The Balaban J connectivity index is 1.80. The number of Topliss-reactive ketones (excluding diaryl/α,β-unsaturated/α-hetero) is 1. The van der Waals surface area contributed by atoms with E-state index in [1.165, 1.54) is 0 Å². The Morgan fingerprint density at radius 1 is 0.852 bits per heavy atom. The number of carboxylic acid groups (broad SMARTS) is 1. The number of ketones is 1. The smallest absolute Gasteiger partial charge is 0.330 e.